The highest BCUT2D eigenvalue weighted by Gasteiger charge is 2.38. The Morgan fingerprint density at radius 3 is 1.50 bits per heavy atom. The highest BCUT2D eigenvalue weighted by Crippen LogP contribution is 2.18. The lowest BCUT2D eigenvalue weighted by Crippen LogP contribution is -2.52. The zero-order valence-electron chi connectivity index (χ0n) is 8.27. The molecule has 0 aromatic rings. The van der Waals surface area contributed by atoms with Gasteiger partial charge in [0.05, 0.1) is 21.1 Å². The maximum atomic E-state index is 11.0. The number of nitrogens with zero attached hydrogens (tertiary/aromatic N) is 1. The van der Waals surface area contributed by atoms with E-state index in [1.54, 1.807) is 35.0 Å². The molecule has 0 radical (unpaired) electrons. The lowest BCUT2D eigenvalue weighted by molar-refractivity contribution is -0.885. The van der Waals surface area contributed by atoms with Crippen LogP contribution in [-0.4, -0.2) is 44.0 Å². The van der Waals surface area contributed by atoms with Crippen molar-refractivity contribution in [3.05, 3.63) is 0 Å². The lowest BCUT2D eigenvalue weighted by atomic mass is 10.2. The van der Waals surface area contributed by atoms with Crippen molar-refractivity contribution in [2.75, 3.05) is 21.1 Å². The van der Waals surface area contributed by atoms with E-state index in [9.17, 15) is 8.42 Å². The van der Waals surface area contributed by atoms with Gasteiger partial charge in [-0.1, -0.05) is 13.8 Å². The Hall–Kier alpha value is -0.130. The van der Waals surface area contributed by atoms with Crippen LogP contribution in [0.1, 0.15) is 13.8 Å². The van der Waals surface area contributed by atoms with E-state index in [0.717, 1.165) is 0 Å². The molecule has 0 heterocycles. The van der Waals surface area contributed by atoms with Crippen LogP contribution < -0.4 is 0 Å². The first kappa shape index (κ1) is 11.9. The van der Waals surface area contributed by atoms with Gasteiger partial charge >= 0.3 is 10.1 Å². The summed E-state index contributed by atoms with van der Waals surface area (Å²) in [7, 11) is 1.30. The topological polar surface area (TPSA) is 54.4 Å². The van der Waals surface area contributed by atoms with E-state index in [2.05, 4.69) is 0 Å². The second-order valence-corrected chi connectivity index (χ2v) is 5.78. The molecule has 0 fully saturated rings. The van der Waals surface area contributed by atoms with Crippen LogP contribution in [0.15, 0.2) is 0 Å². The van der Waals surface area contributed by atoms with Crippen molar-refractivity contribution in [1.29, 1.82) is 0 Å². The van der Waals surface area contributed by atoms with Crippen LogP contribution in [0.5, 0.6) is 0 Å². The van der Waals surface area contributed by atoms with Gasteiger partial charge in [0.1, 0.15) is 0 Å². The highest BCUT2D eigenvalue weighted by atomic mass is 32.2. The van der Waals surface area contributed by atoms with Crippen molar-refractivity contribution in [2.45, 2.75) is 19.2 Å². The third-order valence-electron chi connectivity index (χ3n) is 1.64. The Morgan fingerprint density at radius 2 is 1.50 bits per heavy atom. The Labute approximate surface area is 74.5 Å². The van der Waals surface area contributed by atoms with Crippen LogP contribution in [-0.2, 0) is 10.1 Å². The Bertz CT molecular complexity index is 238. The fourth-order valence-electron chi connectivity index (χ4n) is 1.64. The number of hydrogen-bond acceptors (Lipinski definition) is 2. The van der Waals surface area contributed by atoms with Gasteiger partial charge in [0.25, 0.3) is 0 Å². The van der Waals surface area contributed by atoms with Crippen LogP contribution >= 0.6 is 0 Å². The molecule has 0 aromatic carbocycles. The molecule has 0 aromatic heterocycles. The molecule has 1 unspecified atom stereocenters. The molecule has 74 valence electrons. The standard InChI is InChI=1S/C7H17NO3S/c1-6(2)7(8(3,4)5)12(9,10)11/h6-7H,1-5H3/p+1. The first-order valence-corrected chi connectivity index (χ1v) is 5.34. The van der Waals surface area contributed by atoms with Crippen molar-refractivity contribution in [3.8, 4) is 0 Å². The number of rotatable bonds is 3. The van der Waals surface area contributed by atoms with Crippen molar-refractivity contribution in [1.82, 2.24) is 0 Å². The zero-order valence-corrected chi connectivity index (χ0v) is 9.09. The molecule has 0 aliphatic heterocycles. The van der Waals surface area contributed by atoms with Crippen LogP contribution in [0.2, 0.25) is 0 Å². The molecule has 0 saturated heterocycles. The molecule has 4 nitrogen and oxygen atoms in total. The van der Waals surface area contributed by atoms with Crippen LogP contribution in [0.3, 0.4) is 0 Å². The second-order valence-electron chi connectivity index (χ2n) is 4.27. The monoisotopic (exact) mass is 196 g/mol. The number of quaternary nitrogens is 1. The van der Waals surface area contributed by atoms with Gasteiger partial charge in [-0.3, -0.25) is 4.55 Å². The summed E-state index contributed by atoms with van der Waals surface area (Å²) in [6.45, 7) is 3.56. The summed E-state index contributed by atoms with van der Waals surface area (Å²) in [5, 5.41) is -0.752. The normalized spacial score (nSPS) is 16.6. The van der Waals surface area contributed by atoms with Gasteiger partial charge in [-0.2, -0.15) is 8.42 Å². The molecular weight excluding hydrogens is 178 g/mol. The molecule has 0 aliphatic rings. The molecule has 0 saturated carbocycles. The SMILES string of the molecule is CC(C)C([N+](C)(C)C)S(=O)(=O)O. The fraction of sp³-hybridized carbons (Fsp3) is 1.00. The molecule has 1 N–H and O–H groups in total. The average molecular weight is 196 g/mol. The van der Waals surface area contributed by atoms with E-state index in [-0.39, 0.29) is 10.4 Å². The summed E-state index contributed by atoms with van der Waals surface area (Å²) in [4.78, 5) is 0. The zero-order chi connectivity index (χ0) is 10.2. The maximum Gasteiger partial charge on any atom is 0.319 e. The smallest absolute Gasteiger partial charge is 0.314 e. The molecule has 1 atom stereocenters. The van der Waals surface area contributed by atoms with E-state index >= 15 is 0 Å². The van der Waals surface area contributed by atoms with Crippen molar-refractivity contribution < 1.29 is 17.5 Å². The molecule has 0 bridgehead atoms. The van der Waals surface area contributed by atoms with Crippen LogP contribution in [0.4, 0.5) is 0 Å². The minimum absolute atomic E-state index is 0.0972. The van der Waals surface area contributed by atoms with Gasteiger partial charge in [-0.25, -0.2) is 0 Å². The summed E-state index contributed by atoms with van der Waals surface area (Å²) in [6.07, 6.45) is 0. The van der Waals surface area contributed by atoms with Crippen molar-refractivity contribution in [3.63, 3.8) is 0 Å². The summed E-state index contributed by atoms with van der Waals surface area (Å²) >= 11 is 0. The minimum Gasteiger partial charge on any atom is -0.314 e. The predicted octanol–water partition coefficient (Wildman–Crippen LogP) is 0.563. The third kappa shape index (κ3) is 3.08. The van der Waals surface area contributed by atoms with Crippen LogP contribution in [0, 0.1) is 5.92 Å². The summed E-state index contributed by atoms with van der Waals surface area (Å²) < 4.78 is 31.1. The lowest BCUT2D eigenvalue weighted by Gasteiger charge is -2.33. The molecule has 0 amide bonds. The number of hydrogen-bond donors (Lipinski definition) is 1. The molecule has 0 rings (SSSR count). The quantitative estimate of drug-likeness (QED) is 0.530. The molecule has 0 spiro atoms. The van der Waals surface area contributed by atoms with Crippen molar-refractivity contribution >= 4 is 10.1 Å². The van der Waals surface area contributed by atoms with Gasteiger partial charge in [0, 0.05) is 5.92 Å². The van der Waals surface area contributed by atoms with E-state index in [0.29, 0.717) is 0 Å². The molecular formula is C7H18NO3S+. The van der Waals surface area contributed by atoms with Crippen molar-refractivity contribution in [2.24, 2.45) is 5.92 Å². The van der Waals surface area contributed by atoms with Gasteiger partial charge < -0.3 is 4.48 Å². The third-order valence-corrected chi connectivity index (χ3v) is 3.43. The first-order valence-electron chi connectivity index (χ1n) is 3.84. The Kier molecular flexibility index (Phi) is 3.28. The summed E-state index contributed by atoms with van der Waals surface area (Å²) in [6, 6.07) is 0. The van der Waals surface area contributed by atoms with E-state index in [1.165, 1.54) is 0 Å². The van der Waals surface area contributed by atoms with Gasteiger partial charge in [0.2, 0.25) is 5.37 Å². The highest BCUT2D eigenvalue weighted by molar-refractivity contribution is 7.86. The predicted molar refractivity (Wildman–Crippen MR) is 48.2 cm³/mol. The van der Waals surface area contributed by atoms with Gasteiger partial charge in [-0.15, -0.1) is 0 Å². The van der Waals surface area contributed by atoms with Gasteiger partial charge in [0.15, 0.2) is 0 Å². The molecule has 5 heteroatoms. The largest absolute Gasteiger partial charge is 0.319 e. The van der Waals surface area contributed by atoms with E-state index < -0.39 is 15.5 Å². The molecule has 12 heavy (non-hydrogen) atoms. The summed E-state index contributed by atoms with van der Waals surface area (Å²) in [5.74, 6) is -0.0972. The van der Waals surface area contributed by atoms with E-state index in [1.807, 2.05) is 0 Å². The minimum atomic E-state index is -3.95. The average Bonchev–Trinajstić information content (AvgIpc) is 1.49. The Morgan fingerprint density at radius 1 is 1.17 bits per heavy atom. The first-order chi connectivity index (χ1) is 5.07. The maximum absolute atomic E-state index is 11.0. The second kappa shape index (κ2) is 3.32. The molecule has 0 aliphatic carbocycles. The fourth-order valence-corrected chi connectivity index (χ4v) is 3.13. The Balaban J connectivity index is 4.97. The summed E-state index contributed by atoms with van der Waals surface area (Å²) in [5.41, 5.74) is 0. The van der Waals surface area contributed by atoms with Gasteiger partial charge in [-0.05, 0) is 0 Å². The van der Waals surface area contributed by atoms with Crippen LogP contribution in [0.25, 0.3) is 0 Å². The van der Waals surface area contributed by atoms with E-state index in [4.69, 9.17) is 4.55 Å².